The number of carbonyl (C=O) groups is 1. The highest BCUT2D eigenvalue weighted by atomic mass is 19.2. The van der Waals surface area contributed by atoms with Crippen molar-refractivity contribution in [3.05, 3.63) is 52.7 Å². The summed E-state index contributed by atoms with van der Waals surface area (Å²) in [6.07, 6.45) is -0.0404. The molecule has 26 heavy (non-hydrogen) atoms. The second kappa shape index (κ2) is 7.78. The molecule has 1 saturated heterocycles. The summed E-state index contributed by atoms with van der Waals surface area (Å²) in [5, 5.41) is 2.83. The van der Waals surface area contributed by atoms with Crippen LogP contribution in [0.5, 0.6) is 0 Å². The van der Waals surface area contributed by atoms with E-state index in [1.165, 1.54) is 6.07 Å². The molecule has 1 aromatic carbocycles. The van der Waals surface area contributed by atoms with Gasteiger partial charge >= 0.3 is 0 Å². The van der Waals surface area contributed by atoms with Crippen LogP contribution in [0.3, 0.4) is 0 Å². The Morgan fingerprint density at radius 1 is 1.19 bits per heavy atom. The van der Waals surface area contributed by atoms with E-state index in [2.05, 4.69) is 15.2 Å². The molecule has 0 bridgehead atoms. The summed E-state index contributed by atoms with van der Waals surface area (Å²) in [4.78, 5) is 19.0. The zero-order valence-electron chi connectivity index (χ0n) is 14.8. The van der Waals surface area contributed by atoms with Gasteiger partial charge in [-0.05, 0) is 43.2 Å². The van der Waals surface area contributed by atoms with E-state index < -0.39 is 11.6 Å². The summed E-state index contributed by atoms with van der Waals surface area (Å²) in [5.74, 6) is -1.33. The summed E-state index contributed by atoms with van der Waals surface area (Å²) >= 11 is 0. The highest BCUT2D eigenvalue weighted by Crippen LogP contribution is 2.24. The highest BCUT2D eigenvalue weighted by molar-refractivity contribution is 5.93. The van der Waals surface area contributed by atoms with Crippen LogP contribution in [-0.2, 0) is 16.0 Å². The first-order valence-corrected chi connectivity index (χ1v) is 8.49. The highest BCUT2D eigenvalue weighted by Gasteiger charge is 2.16. The molecule has 1 amide bonds. The fourth-order valence-electron chi connectivity index (χ4n) is 2.97. The first-order valence-electron chi connectivity index (χ1n) is 8.49. The lowest BCUT2D eigenvalue weighted by molar-refractivity contribution is -0.115. The maximum absolute atomic E-state index is 13.3. The third kappa shape index (κ3) is 4.16. The Morgan fingerprint density at radius 3 is 2.58 bits per heavy atom. The van der Waals surface area contributed by atoms with Crippen LogP contribution in [0.4, 0.5) is 20.3 Å². The summed E-state index contributed by atoms with van der Waals surface area (Å²) in [6.45, 7) is 6.66. The molecule has 0 atom stereocenters. The van der Waals surface area contributed by atoms with E-state index in [0.717, 1.165) is 36.6 Å². The van der Waals surface area contributed by atoms with E-state index in [0.29, 0.717) is 30.2 Å². The van der Waals surface area contributed by atoms with E-state index in [9.17, 15) is 13.6 Å². The van der Waals surface area contributed by atoms with Gasteiger partial charge in [-0.25, -0.2) is 13.8 Å². The first kappa shape index (κ1) is 18.3. The number of benzene rings is 1. The standard InChI is InChI=1S/C19H21F2N3O2/c1-12-9-17(24-5-7-26-8-6-24)22-13(2)19(12)23-18(25)11-14-3-4-15(20)16(21)10-14/h3-4,9-10H,5-8,11H2,1-2H3,(H,23,25). The van der Waals surface area contributed by atoms with Gasteiger partial charge in [0.1, 0.15) is 5.82 Å². The maximum atomic E-state index is 13.3. The number of hydrogen-bond acceptors (Lipinski definition) is 4. The number of aryl methyl sites for hydroxylation is 2. The zero-order chi connectivity index (χ0) is 18.7. The second-order valence-corrected chi connectivity index (χ2v) is 6.33. The molecule has 1 N–H and O–H groups in total. The quantitative estimate of drug-likeness (QED) is 0.910. The Bertz CT molecular complexity index is 797. The molecule has 2 heterocycles. The van der Waals surface area contributed by atoms with Crippen LogP contribution < -0.4 is 10.2 Å². The van der Waals surface area contributed by atoms with Crippen LogP contribution in [-0.4, -0.2) is 37.2 Å². The smallest absolute Gasteiger partial charge is 0.228 e. The number of nitrogens with one attached hydrogen (secondary N) is 1. The van der Waals surface area contributed by atoms with Crippen LogP contribution in [0.1, 0.15) is 16.8 Å². The zero-order valence-corrected chi connectivity index (χ0v) is 14.8. The third-order valence-corrected chi connectivity index (χ3v) is 4.33. The molecule has 0 aliphatic carbocycles. The van der Waals surface area contributed by atoms with Gasteiger partial charge in [-0.3, -0.25) is 4.79 Å². The second-order valence-electron chi connectivity index (χ2n) is 6.33. The van der Waals surface area contributed by atoms with Crippen molar-refractivity contribution >= 4 is 17.4 Å². The number of anilines is 2. The minimum Gasteiger partial charge on any atom is -0.378 e. The number of hydrogen-bond donors (Lipinski definition) is 1. The lowest BCUT2D eigenvalue weighted by Crippen LogP contribution is -2.37. The lowest BCUT2D eigenvalue weighted by Gasteiger charge is -2.28. The summed E-state index contributed by atoms with van der Waals surface area (Å²) < 4.78 is 31.6. The monoisotopic (exact) mass is 361 g/mol. The van der Waals surface area contributed by atoms with E-state index in [4.69, 9.17) is 4.74 Å². The molecule has 1 aliphatic heterocycles. The van der Waals surface area contributed by atoms with Gasteiger partial charge in [-0.1, -0.05) is 6.07 Å². The molecule has 5 nitrogen and oxygen atoms in total. The molecule has 7 heteroatoms. The summed E-state index contributed by atoms with van der Waals surface area (Å²) in [6, 6.07) is 5.39. The Morgan fingerprint density at radius 2 is 1.92 bits per heavy atom. The van der Waals surface area contributed by atoms with Gasteiger partial charge < -0.3 is 15.0 Å². The van der Waals surface area contributed by atoms with Crippen LogP contribution in [0.2, 0.25) is 0 Å². The number of ether oxygens (including phenoxy) is 1. The Labute approximate surface area is 151 Å². The molecular formula is C19H21F2N3O2. The number of carbonyl (C=O) groups excluding carboxylic acids is 1. The predicted octanol–water partition coefficient (Wildman–Crippen LogP) is 2.99. The van der Waals surface area contributed by atoms with Crippen LogP contribution in [0, 0.1) is 25.5 Å². The van der Waals surface area contributed by atoms with Gasteiger partial charge in [-0.15, -0.1) is 0 Å². The van der Waals surface area contributed by atoms with E-state index in [1.807, 2.05) is 19.9 Å². The van der Waals surface area contributed by atoms with Crippen molar-refractivity contribution in [3.8, 4) is 0 Å². The van der Waals surface area contributed by atoms with E-state index in [1.54, 1.807) is 0 Å². The van der Waals surface area contributed by atoms with Gasteiger partial charge in [-0.2, -0.15) is 0 Å². The van der Waals surface area contributed by atoms with Crippen molar-refractivity contribution in [2.24, 2.45) is 0 Å². The van der Waals surface area contributed by atoms with Crippen molar-refractivity contribution in [2.45, 2.75) is 20.3 Å². The Balaban J connectivity index is 1.72. The van der Waals surface area contributed by atoms with Crippen molar-refractivity contribution in [3.63, 3.8) is 0 Å². The number of amides is 1. The Hall–Kier alpha value is -2.54. The van der Waals surface area contributed by atoms with E-state index in [-0.39, 0.29) is 12.3 Å². The molecule has 3 rings (SSSR count). The predicted molar refractivity (Wildman–Crippen MR) is 95.4 cm³/mol. The van der Waals surface area contributed by atoms with Gasteiger partial charge in [0.2, 0.25) is 5.91 Å². The van der Waals surface area contributed by atoms with Gasteiger partial charge in [0.25, 0.3) is 0 Å². The molecule has 0 radical (unpaired) electrons. The average molecular weight is 361 g/mol. The van der Waals surface area contributed by atoms with Crippen LogP contribution >= 0.6 is 0 Å². The number of nitrogens with zero attached hydrogens (tertiary/aromatic N) is 2. The van der Waals surface area contributed by atoms with Gasteiger partial charge in [0.15, 0.2) is 11.6 Å². The number of morpholine rings is 1. The summed E-state index contributed by atoms with van der Waals surface area (Å²) in [5.41, 5.74) is 2.67. The van der Waals surface area contributed by atoms with E-state index >= 15 is 0 Å². The van der Waals surface area contributed by atoms with Gasteiger partial charge in [0, 0.05) is 13.1 Å². The molecule has 1 aromatic heterocycles. The summed E-state index contributed by atoms with van der Waals surface area (Å²) in [7, 11) is 0. The Kier molecular flexibility index (Phi) is 5.46. The SMILES string of the molecule is Cc1cc(N2CCOCC2)nc(C)c1NC(=O)Cc1ccc(F)c(F)c1. The molecule has 1 fully saturated rings. The normalized spacial score (nSPS) is 14.4. The van der Waals surface area contributed by atoms with Crippen molar-refractivity contribution in [1.29, 1.82) is 0 Å². The van der Waals surface area contributed by atoms with Gasteiger partial charge in [0.05, 0.1) is 31.0 Å². The molecular weight excluding hydrogens is 340 g/mol. The average Bonchev–Trinajstić information content (AvgIpc) is 2.62. The van der Waals surface area contributed by atoms with Crippen molar-refractivity contribution in [1.82, 2.24) is 4.98 Å². The van der Waals surface area contributed by atoms with Crippen LogP contribution in [0.25, 0.3) is 0 Å². The first-order chi connectivity index (χ1) is 12.4. The molecule has 0 saturated carbocycles. The minimum atomic E-state index is -0.959. The fraction of sp³-hybridized carbons (Fsp3) is 0.368. The topological polar surface area (TPSA) is 54.5 Å². The molecule has 0 unspecified atom stereocenters. The molecule has 2 aromatic rings. The minimum absolute atomic E-state index is 0.0404. The molecule has 1 aliphatic rings. The maximum Gasteiger partial charge on any atom is 0.228 e. The van der Waals surface area contributed by atoms with Crippen LogP contribution in [0.15, 0.2) is 24.3 Å². The van der Waals surface area contributed by atoms with Crippen molar-refractivity contribution in [2.75, 3.05) is 36.5 Å². The largest absolute Gasteiger partial charge is 0.378 e. The van der Waals surface area contributed by atoms with Crippen molar-refractivity contribution < 1.29 is 18.3 Å². The number of pyridine rings is 1. The number of rotatable bonds is 4. The number of aromatic nitrogens is 1. The number of halogens is 2. The lowest BCUT2D eigenvalue weighted by atomic mass is 10.1. The third-order valence-electron chi connectivity index (χ3n) is 4.33. The molecule has 138 valence electrons. The molecule has 0 spiro atoms. The fourth-order valence-corrected chi connectivity index (χ4v) is 2.97.